The molecule has 0 amide bonds. The molecule has 0 aliphatic heterocycles. The Morgan fingerprint density at radius 3 is 2.36 bits per heavy atom. The first-order valence-electron chi connectivity index (χ1n) is 7.62. The molecule has 0 radical (unpaired) electrons. The van der Waals surface area contributed by atoms with Crippen LogP contribution in [0.2, 0.25) is 10.0 Å². The van der Waals surface area contributed by atoms with E-state index in [0.29, 0.717) is 27.8 Å². The van der Waals surface area contributed by atoms with Crippen LogP contribution >= 0.6 is 23.2 Å². The van der Waals surface area contributed by atoms with Gasteiger partial charge >= 0.3 is 0 Å². The quantitative estimate of drug-likeness (QED) is 0.496. The zero-order valence-corrected chi connectivity index (χ0v) is 14.6. The van der Waals surface area contributed by atoms with E-state index in [1.165, 1.54) is 12.1 Å². The monoisotopic (exact) mass is 378 g/mol. The SMILES string of the molecule is Fc1cc(Cl)ccc1Cc1ccccc1OCc1c(F)cccc1Cl. The molecule has 0 fully saturated rings. The fraction of sp³-hybridized carbons (Fsp3) is 0.100. The highest BCUT2D eigenvalue weighted by Crippen LogP contribution is 2.26. The second-order valence-electron chi connectivity index (χ2n) is 5.51. The fourth-order valence-corrected chi connectivity index (χ4v) is 2.86. The van der Waals surface area contributed by atoms with Crippen molar-refractivity contribution >= 4 is 23.2 Å². The van der Waals surface area contributed by atoms with E-state index in [9.17, 15) is 8.78 Å². The van der Waals surface area contributed by atoms with Gasteiger partial charge in [0.15, 0.2) is 0 Å². The van der Waals surface area contributed by atoms with Gasteiger partial charge in [0.05, 0.1) is 5.02 Å². The predicted octanol–water partition coefficient (Wildman–Crippen LogP) is 6.44. The van der Waals surface area contributed by atoms with Crippen molar-refractivity contribution in [2.24, 2.45) is 0 Å². The normalized spacial score (nSPS) is 10.7. The molecule has 0 aliphatic carbocycles. The Morgan fingerprint density at radius 2 is 1.60 bits per heavy atom. The number of ether oxygens (including phenoxy) is 1. The highest BCUT2D eigenvalue weighted by atomic mass is 35.5. The zero-order valence-electron chi connectivity index (χ0n) is 13.1. The van der Waals surface area contributed by atoms with Gasteiger partial charge in [0.1, 0.15) is 24.0 Å². The van der Waals surface area contributed by atoms with Gasteiger partial charge in [-0.3, -0.25) is 0 Å². The summed E-state index contributed by atoms with van der Waals surface area (Å²) in [5, 5.41) is 0.654. The average Bonchev–Trinajstić information content (AvgIpc) is 2.58. The van der Waals surface area contributed by atoms with Gasteiger partial charge < -0.3 is 4.74 Å². The molecular formula is C20H14Cl2F2O. The van der Waals surface area contributed by atoms with Gasteiger partial charge in [-0.15, -0.1) is 0 Å². The summed E-state index contributed by atoms with van der Waals surface area (Å²) in [5.41, 5.74) is 1.58. The van der Waals surface area contributed by atoms with Gasteiger partial charge in [-0.1, -0.05) is 53.5 Å². The molecule has 1 nitrogen and oxygen atoms in total. The van der Waals surface area contributed by atoms with Gasteiger partial charge in [-0.25, -0.2) is 8.78 Å². The van der Waals surface area contributed by atoms with Crippen molar-refractivity contribution in [2.45, 2.75) is 13.0 Å². The minimum Gasteiger partial charge on any atom is -0.488 e. The van der Waals surface area contributed by atoms with Crippen LogP contribution in [-0.4, -0.2) is 0 Å². The summed E-state index contributed by atoms with van der Waals surface area (Å²) in [7, 11) is 0. The van der Waals surface area contributed by atoms with Crippen molar-refractivity contribution in [3.05, 3.63) is 99.0 Å². The van der Waals surface area contributed by atoms with Gasteiger partial charge in [0, 0.05) is 17.0 Å². The van der Waals surface area contributed by atoms with Crippen molar-refractivity contribution in [1.29, 1.82) is 0 Å². The van der Waals surface area contributed by atoms with E-state index in [0.717, 1.165) is 5.56 Å². The summed E-state index contributed by atoms with van der Waals surface area (Å²) in [6.45, 7) is -0.00831. The lowest BCUT2D eigenvalue weighted by molar-refractivity contribution is 0.297. The molecule has 0 heterocycles. The molecule has 3 aromatic rings. The fourth-order valence-electron chi connectivity index (χ4n) is 2.48. The Morgan fingerprint density at radius 1 is 0.800 bits per heavy atom. The molecule has 0 saturated carbocycles. The first kappa shape index (κ1) is 17.7. The number of benzene rings is 3. The van der Waals surface area contributed by atoms with Gasteiger partial charge in [0.2, 0.25) is 0 Å². The summed E-state index contributed by atoms with van der Waals surface area (Å²) in [5.74, 6) is -0.246. The minimum atomic E-state index is -0.422. The van der Waals surface area contributed by atoms with E-state index < -0.39 is 5.82 Å². The van der Waals surface area contributed by atoms with E-state index in [1.807, 2.05) is 12.1 Å². The largest absolute Gasteiger partial charge is 0.488 e. The van der Waals surface area contributed by atoms with Crippen LogP contribution < -0.4 is 4.74 Å². The van der Waals surface area contributed by atoms with E-state index in [4.69, 9.17) is 27.9 Å². The maximum atomic E-state index is 14.0. The summed E-state index contributed by atoms with van der Waals surface area (Å²) in [4.78, 5) is 0. The van der Waals surface area contributed by atoms with Crippen LogP contribution in [0.3, 0.4) is 0 Å². The van der Waals surface area contributed by atoms with Crippen LogP contribution in [0.5, 0.6) is 5.75 Å². The second kappa shape index (κ2) is 7.85. The maximum Gasteiger partial charge on any atom is 0.131 e. The molecule has 5 heteroatoms. The molecule has 3 rings (SSSR count). The lowest BCUT2D eigenvalue weighted by atomic mass is 10.0. The number of hydrogen-bond donors (Lipinski definition) is 0. The first-order valence-corrected chi connectivity index (χ1v) is 8.37. The molecule has 0 aliphatic rings. The minimum absolute atomic E-state index is 0.00831. The highest BCUT2D eigenvalue weighted by molar-refractivity contribution is 6.31. The summed E-state index contributed by atoms with van der Waals surface area (Å²) >= 11 is 11.8. The van der Waals surface area contributed by atoms with Crippen LogP contribution in [0.15, 0.2) is 60.7 Å². The number of rotatable bonds is 5. The Balaban J connectivity index is 1.81. The van der Waals surface area contributed by atoms with Crippen molar-refractivity contribution < 1.29 is 13.5 Å². The maximum absolute atomic E-state index is 14.0. The lowest BCUT2D eigenvalue weighted by Gasteiger charge is -2.13. The standard InChI is InChI=1S/C20H14Cl2F2O/c21-15-9-8-13(19(24)11-15)10-14-4-1-2-7-20(14)25-12-16-17(22)5-3-6-18(16)23/h1-9,11H,10,12H2. The second-order valence-corrected chi connectivity index (χ2v) is 6.35. The molecule has 25 heavy (non-hydrogen) atoms. The smallest absolute Gasteiger partial charge is 0.131 e. The van der Waals surface area contributed by atoms with Gasteiger partial charge in [0.25, 0.3) is 0 Å². The number of halogens is 4. The third-order valence-corrected chi connectivity index (χ3v) is 4.39. The van der Waals surface area contributed by atoms with Crippen LogP contribution in [0.1, 0.15) is 16.7 Å². The van der Waals surface area contributed by atoms with Crippen molar-refractivity contribution in [2.75, 3.05) is 0 Å². The summed E-state index contributed by atoms with van der Waals surface area (Å²) < 4.78 is 33.6. The van der Waals surface area contributed by atoms with Gasteiger partial charge in [-0.2, -0.15) is 0 Å². The summed E-state index contributed by atoms with van der Waals surface area (Å²) in [6.07, 6.45) is 0.337. The van der Waals surface area contributed by atoms with E-state index in [-0.39, 0.29) is 18.0 Å². The molecule has 0 saturated heterocycles. The van der Waals surface area contributed by atoms with Crippen molar-refractivity contribution in [3.8, 4) is 5.75 Å². The predicted molar refractivity (Wildman–Crippen MR) is 96.4 cm³/mol. The molecule has 0 unspecified atom stereocenters. The van der Waals surface area contributed by atoms with Crippen LogP contribution in [0.25, 0.3) is 0 Å². The van der Waals surface area contributed by atoms with Crippen LogP contribution in [-0.2, 0) is 13.0 Å². The average molecular weight is 379 g/mol. The third kappa shape index (κ3) is 4.30. The topological polar surface area (TPSA) is 9.23 Å². The molecular weight excluding hydrogens is 365 g/mol. The highest BCUT2D eigenvalue weighted by Gasteiger charge is 2.11. The van der Waals surface area contributed by atoms with E-state index in [1.54, 1.807) is 36.4 Å². The Kier molecular flexibility index (Phi) is 5.57. The molecule has 3 aromatic carbocycles. The number of para-hydroxylation sites is 1. The molecule has 0 spiro atoms. The Labute approximate surface area is 154 Å². The first-order chi connectivity index (χ1) is 12.0. The van der Waals surface area contributed by atoms with Crippen molar-refractivity contribution in [1.82, 2.24) is 0 Å². The number of hydrogen-bond acceptors (Lipinski definition) is 1. The molecule has 0 atom stereocenters. The Hall–Kier alpha value is -2.10. The third-order valence-electron chi connectivity index (χ3n) is 3.80. The van der Waals surface area contributed by atoms with Crippen LogP contribution in [0, 0.1) is 11.6 Å². The molecule has 0 N–H and O–H groups in total. The lowest BCUT2D eigenvalue weighted by Crippen LogP contribution is -2.02. The molecule has 0 bridgehead atoms. The Bertz CT molecular complexity index is 876. The molecule has 128 valence electrons. The van der Waals surface area contributed by atoms with E-state index in [2.05, 4.69) is 0 Å². The van der Waals surface area contributed by atoms with Crippen LogP contribution in [0.4, 0.5) is 8.78 Å². The van der Waals surface area contributed by atoms with Crippen molar-refractivity contribution in [3.63, 3.8) is 0 Å². The zero-order chi connectivity index (χ0) is 17.8. The summed E-state index contributed by atoms with van der Waals surface area (Å²) in [6, 6.07) is 16.3. The van der Waals surface area contributed by atoms with E-state index >= 15 is 0 Å². The van der Waals surface area contributed by atoms with Gasteiger partial charge in [-0.05, 0) is 41.5 Å². The molecule has 0 aromatic heterocycles.